The number of anilines is 1. The second kappa shape index (κ2) is 8.74. The van der Waals surface area contributed by atoms with Gasteiger partial charge in [0.25, 0.3) is 0 Å². The number of ether oxygens (including phenoxy) is 2. The number of carbonyl (C=O) groups is 2. The molecule has 0 heterocycles. The Hall–Kier alpha value is -2.24. The Balaban J connectivity index is 2.30. The van der Waals surface area contributed by atoms with E-state index in [9.17, 15) is 9.59 Å². The van der Waals surface area contributed by atoms with Crippen molar-refractivity contribution in [3.05, 3.63) is 58.1 Å². The highest BCUT2D eigenvalue weighted by atomic mass is 35.5. The van der Waals surface area contributed by atoms with Crippen LogP contribution in [0, 0.1) is 0 Å². The molecule has 2 rings (SSSR count). The summed E-state index contributed by atoms with van der Waals surface area (Å²) in [7, 11) is 1.54. The number of esters is 1. The number of hydrogen-bond acceptors (Lipinski definition) is 4. The molecule has 0 aromatic heterocycles. The van der Waals surface area contributed by atoms with Crippen LogP contribution in [0.5, 0.6) is 5.75 Å². The highest BCUT2D eigenvalue weighted by Crippen LogP contribution is 2.26. The maximum Gasteiger partial charge on any atom is 0.323 e. The molecule has 1 N–H and O–H groups in total. The monoisotopic (exact) mass is 381 g/mol. The molecule has 0 spiro atoms. The van der Waals surface area contributed by atoms with Crippen LogP contribution in [0.2, 0.25) is 10.0 Å². The Kier molecular flexibility index (Phi) is 6.67. The van der Waals surface area contributed by atoms with Gasteiger partial charge in [-0.3, -0.25) is 9.59 Å². The maximum absolute atomic E-state index is 12.7. The molecule has 0 aliphatic carbocycles. The molecule has 0 aliphatic heterocycles. The Bertz CT molecular complexity index is 742. The molecule has 0 bridgehead atoms. The van der Waals surface area contributed by atoms with Crippen LogP contribution in [0.15, 0.2) is 42.5 Å². The molecular weight excluding hydrogens is 365 g/mol. The van der Waals surface area contributed by atoms with Gasteiger partial charge in [0, 0.05) is 15.7 Å². The van der Waals surface area contributed by atoms with Crippen LogP contribution in [-0.4, -0.2) is 25.6 Å². The Labute approximate surface area is 155 Å². The summed E-state index contributed by atoms with van der Waals surface area (Å²) in [6.45, 7) is 1.85. The zero-order valence-electron chi connectivity index (χ0n) is 13.7. The lowest BCUT2D eigenvalue weighted by molar-refractivity contribution is -0.147. The number of carbonyl (C=O) groups excluding carboxylic acids is 2. The fourth-order valence-electron chi connectivity index (χ4n) is 2.26. The molecule has 2 aromatic rings. The number of benzene rings is 2. The highest BCUT2D eigenvalue weighted by molar-refractivity contribution is 6.35. The molecule has 1 amide bonds. The lowest BCUT2D eigenvalue weighted by Gasteiger charge is -2.16. The highest BCUT2D eigenvalue weighted by Gasteiger charge is 2.30. The predicted molar refractivity (Wildman–Crippen MR) is 97.5 cm³/mol. The second-order valence-corrected chi connectivity index (χ2v) is 5.98. The summed E-state index contributed by atoms with van der Waals surface area (Å²) in [4.78, 5) is 25.0. The average molecular weight is 382 g/mol. The second-order valence-electron chi connectivity index (χ2n) is 5.11. The van der Waals surface area contributed by atoms with Gasteiger partial charge in [0.15, 0.2) is 5.92 Å². The SMILES string of the molecule is CCOC(=O)C(C(=O)Nc1cc(Cl)cc(Cl)c1)c1ccc(OC)cc1. The zero-order chi connectivity index (χ0) is 18.4. The third kappa shape index (κ3) is 5.11. The largest absolute Gasteiger partial charge is 0.497 e. The van der Waals surface area contributed by atoms with Gasteiger partial charge in [-0.25, -0.2) is 0 Å². The van der Waals surface area contributed by atoms with E-state index in [2.05, 4.69) is 5.32 Å². The quantitative estimate of drug-likeness (QED) is 0.598. The Morgan fingerprint density at radius 2 is 1.68 bits per heavy atom. The smallest absolute Gasteiger partial charge is 0.323 e. The van der Waals surface area contributed by atoms with Crippen LogP contribution in [0.25, 0.3) is 0 Å². The third-order valence-electron chi connectivity index (χ3n) is 3.36. The Morgan fingerprint density at radius 3 is 2.20 bits per heavy atom. The van der Waals surface area contributed by atoms with E-state index in [-0.39, 0.29) is 6.61 Å². The molecule has 5 nitrogen and oxygen atoms in total. The van der Waals surface area contributed by atoms with Crippen molar-refractivity contribution in [3.8, 4) is 5.75 Å². The molecule has 1 unspecified atom stereocenters. The summed E-state index contributed by atoms with van der Waals surface area (Å²) in [5.41, 5.74) is 0.884. The minimum atomic E-state index is -1.12. The van der Waals surface area contributed by atoms with Crippen molar-refractivity contribution < 1.29 is 19.1 Å². The topological polar surface area (TPSA) is 64.6 Å². The van der Waals surface area contributed by atoms with E-state index in [0.717, 1.165) is 0 Å². The molecule has 1 atom stereocenters. The summed E-state index contributed by atoms with van der Waals surface area (Å²) in [6, 6.07) is 11.3. The van der Waals surface area contributed by atoms with E-state index < -0.39 is 17.8 Å². The van der Waals surface area contributed by atoms with E-state index in [1.165, 1.54) is 7.11 Å². The van der Waals surface area contributed by atoms with Gasteiger partial charge in [-0.2, -0.15) is 0 Å². The van der Waals surface area contributed by atoms with Crippen molar-refractivity contribution in [3.63, 3.8) is 0 Å². The summed E-state index contributed by atoms with van der Waals surface area (Å²) in [5.74, 6) is -1.68. The van der Waals surface area contributed by atoms with Crippen LogP contribution in [0.3, 0.4) is 0 Å². The minimum absolute atomic E-state index is 0.168. The molecular formula is C18H17Cl2NO4. The normalized spacial score (nSPS) is 11.5. The van der Waals surface area contributed by atoms with Crippen LogP contribution >= 0.6 is 23.2 Å². The summed E-state index contributed by atoms with van der Waals surface area (Å²) >= 11 is 11.9. The van der Waals surface area contributed by atoms with Crippen molar-refractivity contribution in [1.29, 1.82) is 0 Å². The molecule has 7 heteroatoms. The first-order valence-electron chi connectivity index (χ1n) is 7.52. The molecule has 0 radical (unpaired) electrons. The molecule has 0 fully saturated rings. The van der Waals surface area contributed by atoms with Crippen molar-refractivity contribution in [2.24, 2.45) is 0 Å². The van der Waals surface area contributed by atoms with E-state index in [1.54, 1.807) is 49.4 Å². The first-order valence-corrected chi connectivity index (χ1v) is 8.27. The first kappa shape index (κ1) is 19.1. The van der Waals surface area contributed by atoms with Gasteiger partial charge < -0.3 is 14.8 Å². The van der Waals surface area contributed by atoms with Crippen LogP contribution in [-0.2, 0) is 14.3 Å². The van der Waals surface area contributed by atoms with Crippen molar-refractivity contribution in [2.45, 2.75) is 12.8 Å². The third-order valence-corrected chi connectivity index (χ3v) is 3.80. The maximum atomic E-state index is 12.7. The summed E-state index contributed by atoms with van der Waals surface area (Å²) in [6.07, 6.45) is 0. The van der Waals surface area contributed by atoms with Crippen molar-refractivity contribution in [1.82, 2.24) is 0 Å². The molecule has 2 aromatic carbocycles. The van der Waals surface area contributed by atoms with Gasteiger partial charge in [-0.1, -0.05) is 35.3 Å². The fourth-order valence-corrected chi connectivity index (χ4v) is 2.78. The summed E-state index contributed by atoms with van der Waals surface area (Å²) in [5, 5.41) is 3.40. The minimum Gasteiger partial charge on any atom is -0.497 e. The van der Waals surface area contributed by atoms with E-state index in [0.29, 0.717) is 27.0 Å². The van der Waals surface area contributed by atoms with E-state index >= 15 is 0 Å². The molecule has 25 heavy (non-hydrogen) atoms. The first-order chi connectivity index (χ1) is 11.9. The van der Waals surface area contributed by atoms with E-state index in [4.69, 9.17) is 32.7 Å². The van der Waals surface area contributed by atoms with Crippen molar-refractivity contribution in [2.75, 3.05) is 19.0 Å². The summed E-state index contributed by atoms with van der Waals surface area (Å²) < 4.78 is 10.1. The molecule has 132 valence electrons. The van der Waals surface area contributed by atoms with Gasteiger partial charge in [-0.15, -0.1) is 0 Å². The standard InChI is InChI=1S/C18H17Cl2NO4/c1-3-25-18(23)16(11-4-6-15(24-2)7-5-11)17(22)21-14-9-12(19)8-13(20)10-14/h4-10,16H,3H2,1-2H3,(H,21,22). The van der Waals surface area contributed by atoms with Gasteiger partial charge in [-0.05, 0) is 42.8 Å². The van der Waals surface area contributed by atoms with Gasteiger partial charge in [0.05, 0.1) is 13.7 Å². The van der Waals surface area contributed by atoms with Crippen LogP contribution < -0.4 is 10.1 Å². The van der Waals surface area contributed by atoms with Gasteiger partial charge in [0.2, 0.25) is 5.91 Å². The number of rotatable bonds is 6. The molecule has 0 saturated heterocycles. The van der Waals surface area contributed by atoms with Gasteiger partial charge >= 0.3 is 5.97 Å². The number of hydrogen-bond donors (Lipinski definition) is 1. The van der Waals surface area contributed by atoms with E-state index in [1.807, 2.05) is 0 Å². The lowest BCUT2D eigenvalue weighted by atomic mass is 9.98. The predicted octanol–water partition coefficient (Wildman–Crippen LogP) is 4.29. The number of methoxy groups -OCH3 is 1. The molecule has 0 saturated carbocycles. The average Bonchev–Trinajstić information content (AvgIpc) is 2.55. The van der Waals surface area contributed by atoms with Crippen LogP contribution in [0.1, 0.15) is 18.4 Å². The Morgan fingerprint density at radius 1 is 1.08 bits per heavy atom. The number of amides is 1. The van der Waals surface area contributed by atoms with Gasteiger partial charge in [0.1, 0.15) is 5.75 Å². The fraction of sp³-hybridized carbons (Fsp3) is 0.222. The number of halogens is 2. The van der Waals surface area contributed by atoms with Crippen molar-refractivity contribution >= 4 is 40.8 Å². The number of nitrogens with one attached hydrogen (secondary N) is 1. The lowest BCUT2D eigenvalue weighted by Crippen LogP contribution is -2.29. The zero-order valence-corrected chi connectivity index (χ0v) is 15.2. The van der Waals surface area contributed by atoms with Crippen LogP contribution in [0.4, 0.5) is 5.69 Å². The molecule has 0 aliphatic rings.